The zero-order valence-electron chi connectivity index (χ0n) is 11.6. The maximum absolute atomic E-state index is 13.3. The van der Waals surface area contributed by atoms with E-state index < -0.39 is 0 Å². The maximum atomic E-state index is 13.3. The molecule has 0 fully saturated rings. The molecule has 1 nitrogen and oxygen atoms in total. The maximum Gasteiger partial charge on any atom is 0.125 e. The first-order chi connectivity index (χ1) is 10.1. The third-order valence-electron chi connectivity index (χ3n) is 3.57. The number of rotatable bonds is 3. The normalized spacial score (nSPS) is 12.3. The minimum atomic E-state index is -0.299. The van der Waals surface area contributed by atoms with Crippen LogP contribution in [0, 0.1) is 5.82 Å². The fourth-order valence-corrected chi connectivity index (χ4v) is 2.57. The van der Waals surface area contributed by atoms with E-state index in [0.29, 0.717) is 10.7 Å². The molecule has 3 rings (SSSR count). The second-order valence-electron chi connectivity index (χ2n) is 5.10. The van der Waals surface area contributed by atoms with E-state index in [1.54, 1.807) is 6.07 Å². The van der Waals surface area contributed by atoms with Crippen molar-refractivity contribution >= 4 is 28.1 Å². The van der Waals surface area contributed by atoms with E-state index >= 15 is 0 Å². The van der Waals surface area contributed by atoms with Gasteiger partial charge in [-0.2, -0.15) is 0 Å². The van der Waals surface area contributed by atoms with Crippen LogP contribution in [0.4, 0.5) is 10.1 Å². The summed E-state index contributed by atoms with van der Waals surface area (Å²) in [5, 5.41) is 6.17. The van der Waals surface area contributed by atoms with Crippen LogP contribution in [0.25, 0.3) is 10.8 Å². The lowest BCUT2D eigenvalue weighted by Crippen LogP contribution is -2.07. The van der Waals surface area contributed by atoms with Crippen molar-refractivity contribution in [3.63, 3.8) is 0 Å². The Morgan fingerprint density at radius 2 is 1.71 bits per heavy atom. The van der Waals surface area contributed by atoms with Gasteiger partial charge in [0.15, 0.2) is 0 Å². The third-order valence-corrected chi connectivity index (χ3v) is 3.90. The monoisotopic (exact) mass is 299 g/mol. The minimum absolute atomic E-state index is 0.0360. The number of hydrogen-bond acceptors (Lipinski definition) is 1. The number of nitrogens with one attached hydrogen (secondary N) is 1. The number of hydrogen-bond donors (Lipinski definition) is 1. The quantitative estimate of drug-likeness (QED) is 0.644. The van der Waals surface area contributed by atoms with Gasteiger partial charge in [-0.3, -0.25) is 0 Å². The molecule has 0 saturated carbocycles. The lowest BCUT2D eigenvalue weighted by Gasteiger charge is -2.17. The predicted octanol–water partition coefficient (Wildman–Crippen LogP) is 5.81. The molecule has 3 heteroatoms. The summed E-state index contributed by atoms with van der Waals surface area (Å²) >= 11 is 6.09. The largest absolute Gasteiger partial charge is 0.377 e. The molecule has 1 unspecified atom stereocenters. The van der Waals surface area contributed by atoms with Crippen LogP contribution in [0.3, 0.4) is 0 Å². The van der Waals surface area contributed by atoms with Gasteiger partial charge < -0.3 is 5.32 Å². The molecule has 1 atom stereocenters. The Morgan fingerprint density at radius 3 is 2.52 bits per heavy atom. The van der Waals surface area contributed by atoms with Gasteiger partial charge in [-0.15, -0.1) is 0 Å². The number of benzene rings is 3. The second-order valence-corrected chi connectivity index (χ2v) is 5.50. The van der Waals surface area contributed by atoms with Crippen molar-refractivity contribution in [2.75, 3.05) is 5.32 Å². The highest BCUT2D eigenvalue weighted by atomic mass is 35.5. The molecule has 21 heavy (non-hydrogen) atoms. The Hall–Kier alpha value is -2.06. The van der Waals surface area contributed by atoms with Gasteiger partial charge in [0, 0.05) is 6.04 Å². The van der Waals surface area contributed by atoms with Crippen molar-refractivity contribution in [3.8, 4) is 0 Å². The van der Waals surface area contributed by atoms with Crippen LogP contribution in [0.15, 0.2) is 60.7 Å². The van der Waals surface area contributed by atoms with E-state index in [1.807, 2.05) is 19.1 Å². The zero-order chi connectivity index (χ0) is 14.8. The van der Waals surface area contributed by atoms with Gasteiger partial charge in [-0.25, -0.2) is 4.39 Å². The summed E-state index contributed by atoms with van der Waals surface area (Å²) in [6.07, 6.45) is 0. The van der Waals surface area contributed by atoms with Gasteiger partial charge in [-0.1, -0.05) is 48.0 Å². The molecule has 0 heterocycles. The predicted molar refractivity (Wildman–Crippen MR) is 87.4 cm³/mol. The molecule has 0 bridgehead atoms. The fraction of sp³-hybridized carbons (Fsp3) is 0.111. The third kappa shape index (κ3) is 3.01. The Bertz CT molecular complexity index is 785. The highest BCUT2D eigenvalue weighted by Gasteiger charge is 2.09. The van der Waals surface area contributed by atoms with Crippen LogP contribution in [0.2, 0.25) is 5.02 Å². The van der Waals surface area contributed by atoms with Gasteiger partial charge in [-0.05, 0) is 47.5 Å². The van der Waals surface area contributed by atoms with Gasteiger partial charge in [0.05, 0.1) is 10.7 Å². The molecule has 0 aliphatic rings. The molecule has 0 amide bonds. The first-order valence-electron chi connectivity index (χ1n) is 6.84. The topological polar surface area (TPSA) is 12.0 Å². The summed E-state index contributed by atoms with van der Waals surface area (Å²) in [5.41, 5.74) is 1.74. The minimum Gasteiger partial charge on any atom is -0.377 e. The lowest BCUT2D eigenvalue weighted by atomic mass is 10.0. The van der Waals surface area contributed by atoms with Gasteiger partial charge >= 0.3 is 0 Å². The molecule has 3 aromatic carbocycles. The molecule has 0 aliphatic carbocycles. The molecule has 1 N–H and O–H groups in total. The molecular weight excluding hydrogens is 285 g/mol. The van der Waals surface area contributed by atoms with E-state index in [0.717, 1.165) is 5.56 Å². The average Bonchev–Trinajstić information content (AvgIpc) is 2.50. The number of halogens is 2. The second kappa shape index (κ2) is 5.74. The van der Waals surface area contributed by atoms with Crippen LogP contribution in [0.5, 0.6) is 0 Å². The molecular formula is C18H15ClFN. The Labute approximate surface area is 128 Å². The average molecular weight is 300 g/mol. The van der Waals surface area contributed by atoms with Gasteiger partial charge in [0.25, 0.3) is 0 Å². The fourth-order valence-electron chi connectivity index (χ4n) is 2.40. The molecule has 0 radical (unpaired) electrons. The summed E-state index contributed by atoms with van der Waals surface area (Å²) in [5.74, 6) is -0.299. The Balaban J connectivity index is 1.89. The molecule has 0 saturated heterocycles. The van der Waals surface area contributed by atoms with Crippen LogP contribution in [-0.2, 0) is 0 Å². The van der Waals surface area contributed by atoms with Crippen molar-refractivity contribution in [3.05, 3.63) is 77.1 Å². The van der Waals surface area contributed by atoms with E-state index in [1.165, 1.54) is 22.9 Å². The number of fused-ring (bicyclic) bond motifs is 1. The summed E-state index contributed by atoms with van der Waals surface area (Å²) in [4.78, 5) is 0. The van der Waals surface area contributed by atoms with Crippen LogP contribution >= 0.6 is 11.6 Å². The van der Waals surface area contributed by atoms with Crippen LogP contribution < -0.4 is 5.32 Å². The van der Waals surface area contributed by atoms with E-state index in [-0.39, 0.29) is 11.9 Å². The zero-order valence-corrected chi connectivity index (χ0v) is 12.4. The first-order valence-corrected chi connectivity index (χ1v) is 7.21. The van der Waals surface area contributed by atoms with Crippen LogP contribution in [0.1, 0.15) is 18.5 Å². The van der Waals surface area contributed by atoms with E-state index in [4.69, 9.17) is 11.6 Å². The summed E-state index contributed by atoms with van der Waals surface area (Å²) < 4.78 is 13.3. The molecule has 106 valence electrons. The lowest BCUT2D eigenvalue weighted by molar-refractivity contribution is 0.628. The molecule has 0 aliphatic heterocycles. The smallest absolute Gasteiger partial charge is 0.125 e. The van der Waals surface area contributed by atoms with Crippen LogP contribution in [-0.4, -0.2) is 0 Å². The van der Waals surface area contributed by atoms with Crippen molar-refractivity contribution in [1.29, 1.82) is 0 Å². The van der Waals surface area contributed by atoms with Crippen molar-refractivity contribution < 1.29 is 4.39 Å². The molecule has 0 spiro atoms. The Kier molecular flexibility index (Phi) is 3.80. The van der Waals surface area contributed by atoms with E-state index in [9.17, 15) is 4.39 Å². The van der Waals surface area contributed by atoms with Crippen molar-refractivity contribution in [2.24, 2.45) is 0 Å². The van der Waals surface area contributed by atoms with Crippen molar-refractivity contribution in [1.82, 2.24) is 0 Å². The SMILES string of the molecule is CC(Nc1cc(F)ccc1Cl)c1ccc2ccccc2c1. The summed E-state index contributed by atoms with van der Waals surface area (Å²) in [6, 6.07) is 18.9. The highest BCUT2D eigenvalue weighted by molar-refractivity contribution is 6.33. The van der Waals surface area contributed by atoms with Gasteiger partial charge in [0.2, 0.25) is 0 Å². The van der Waals surface area contributed by atoms with E-state index in [2.05, 4.69) is 35.6 Å². The molecule has 3 aromatic rings. The first kappa shape index (κ1) is 13.9. The van der Waals surface area contributed by atoms with Crippen molar-refractivity contribution in [2.45, 2.75) is 13.0 Å². The summed E-state index contributed by atoms with van der Waals surface area (Å²) in [7, 11) is 0. The molecule has 0 aromatic heterocycles. The number of anilines is 1. The standard InChI is InChI=1S/C18H15ClFN/c1-12(21-18-11-16(20)8-9-17(18)19)14-7-6-13-4-2-3-5-15(13)10-14/h2-12,21H,1H3. The van der Waals surface area contributed by atoms with Gasteiger partial charge in [0.1, 0.15) is 5.82 Å². The summed E-state index contributed by atoms with van der Waals surface area (Å²) in [6.45, 7) is 2.03. The Morgan fingerprint density at radius 1 is 0.952 bits per heavy atom. The highest BCUT2D eigenvalue weighted by Crippen LogP contribution is 2.28.